The molecule has 2 saturated heterocycles. The fraction of sp³-hybridized carbons (Fsp3) is 0.500. The molecular formula is C26H31ClN2O3S. The quantitative estimate of drug-likeness (QED) is 0.528. The van der Waals surface area contributed by atoms with E-state index in [0.29, 0.717) is 23.7 Å². The lowest BCUT2D eigenvalue weighted by atomic mass is 9.96. The van der Waals surface area contributed by atoms with Gasteiger partial charge in [0.15, 0.2) is 15.6 Å². The molecule has 176 valence electrons. The third-order valence-corrected chi connectivity index (χ3v) is 8.77. The van der Waals surface area contributed by atoms with Crippen LogP contribution in [0.3, 0.4) is 0 Å². The van der Waals surface area contributed by atoms with Gasteiger partial charge in [-0.3, -0.25) is 9.69 Å². The molecule has 0 radical (unpaired) electrons. The van der Waals surface area contributed by atoms with Crippen molar-refractivity contribution in [3.05, 3.63) is 58.3 Å². The minimum Gasteiger partial charge on any atom is -0.337 e. The minimum atomic E-state index is -3.17. The first-order chi connectivity index (χ1) is 15.6. The highest BCUT2D eigenvalue weighted by molar-refractivity contribution is 7.89. The second-order valence-corrected chi connectivity index (χ2v) is 12.6. The molecule has 0 spiro atoms. The lowest BCUT2D eigenvalue weighted by molar-refractivity contribution is 0.0919. The number of carbonyl (C=O) groups excluding carboxylic acids is 1. The van der Waals surface area contributed by atoms with Gasteiger partial charge in [-0.05, 0) is 50.3 Å². The predicted octanol–water partition coefficient (Wildman–Crippen LogP) is 5.17. The van der Waals surface area contributed by atoms with E-state index in [-0.39, 0.29) is 23.5 Å². The normalized spacial score (nSPS) is 27.5. The maximum Gasteiger partial charge on any atom is 0.179 e. The van der Waals surface area contributed by atoms with E-state index in [1.54, 1.807) is 0 Å². The third-order valence-electron chi connectivity index (χ3n) is 7.66. The molecule has 2 bridgehead atoms. The number of rotatable bonds is 6. The van der Waals surface area contributed by atoms with Crippen molar-refractivity contribution in [2.24, 2.45) is 5.92 Å². The summed E-state index contributed by atoms with van der Waals surface area (Å²) in [6.07, 6.45) is 12.1. The molecule has 2 fully saturated rings. The van der Waals surface area contributed by atoms with Gasteiger partial charge >= 0.3 is 0 Å². The van der Waals surface area contributed by atoms with Gasteiger partial charge in [-0.2, -0.15) is 0 Å². The van der Waals surface area contributed by atoms with Gasteiger partial charge < -0.3 is 4.57 Å². The van der Waals surface area contributed by atoms with Crippen LogP contribution in [0.2, 0.25) is 0 Å². The summed E-state index contributed by atoms with van der Waals surface area (Å²) in [5, 5.41) is 1.62. The Hall–Kier alpha value is -1.89. The molecule has 5 rings (SSSR count). The molecule has 1 aromatic carbocycles. The average Bonchev–Trinajstić information content (AvgIpc) is 3.37. The SMILES string of the molecule is Cc1c(C(=O)CN2C3CCC2CC3)c2ccc(CS(C)(=O)=O)cc2n1C1C=CC(Cl)=CC1C. The van der Waals surface area contributed by atoms with Crippen LogP contribution in [0.5, 0.6) is 0 Å². The van der Waals surface area contributed by atoms with Crippen molar-refractivity contribution in [2.75, 3.05) is 12.8 Å². The number of halogens is 1. The molecule has 0 saturated carbocycles. The topological polar surface area (TPSA) is 59.4 Å². The highest BCUT2D eigenvalue weighted by Crippen LogP contribution is 2.39. The average molecular weight is 487 g/mol. The van der Waals surface area contributed by atoms with Gasteiger partial charge in [0.05, 0.1) is 18.3 Å². The summed E-state index contributed by atoms with van der Waals surface area (Å²) in [7, 11) is -3.17. The number of allylic oxidation sites excluding steroid dienone is 4. The van der Waals surface area contributed by atoms with Crippen LogP contribution in [0.25, 0.3) is 10.9 Å². The number of Topliss-reactive ketones (excluding diaryl/α,β-unsaturated/α-hetero) is 1. The Morgan fingerprint density at radius 1 is 1.15 bits per heavy atom. The number of carbonyl (C=O) groups is 1. The molecule has 0 amide bonds. The van der Waals surface area contributed by atoms with E-state index in [1.807, 2.05) is 37.3 Å². The summed E-state index contributed by atoms with van der Waals surface area (Å²) >= 11 is 6.24. The molecule has 5 nitrogen and oxygen atoms in total. The first kappa shape index (κ1) is 22.9. The van der Waals surface area contributed by atoms with Crippen LogP contribution in [0.4, 0.5) is 0 Å². The Balaban J connectivity index is 1.61. The van der Waals surface area contributed by atoms with Gasteiger partial charge in [0, 0.05) is 51.4 Å². The smallest absolute Gasteiger partial charge is 0.179 e. The third kappa shape index (κ3) is 4.22. The van der Waals surface area contributed by atoms with Crippen LogP contribution in [0.15, 0.2) is 41.5 Å². The number of benzene rings is 1. The zero-order valence-corrected chi connectivity index (χ0v) is 21.0. The molecule has 2 unspecified atom stereocenters. The lowest BCUT2D eigenvalue weighted by Crippen LogP contribution is -2.34. The van der Waals surface area contributed by atoms with Crippen molar-refractivity contribution in [1.29, 1.82) is 0 Å². The molecular weight excluding hydrogens is 456 g/mol. The van der Waals surface area contributed by atoms with Crippen LogP contribution in [0.1, 0.15) is 60.3 Å². The van der Waals surface area contributed by atoms with Crippen molar-refractivity contribution < 1.29 is 13.2 Å². The van der Waals surface area contributed by atoms with Crippen LogP contribution in [0, 0.1) is 12.8 Å². The van der Waals surface area contributed by atoms with Gasteiger partial charge in [0.25, 0.3) is 0 Å². The molecule has 2 aliphatic heterocycles. The van der Waals surface area contributed by atoms with Crippen LogP contribution < -0.4 is 0 Å². The van der Waals surface area contributed by atoms with Gasteiger partial charge in [0.2, 0.25) is 0 Å². The molecule has 2 atom stereocenters. The maximum atomic E-state index is 13.7. The molecule has 7 heteroatoms. The Kier molecular flexibility index (Phi) is 5.82. The van der Waals surface area contributed by atoms with Crippen LogP contribution in [-0.2, 0) is 15.6 Å². The Morgan fingerprint density at radius 2 is 1.82 bits per heavy atom. The zero-order chi connectivity index (χ0) is 23.5. The van der Waals surface area contributed by atoms with Gasteiger partial charge in [-0.1, -0.05) is 42.8 Å². The number of sulfone groups is 1. The summed E-state index contributed by atoms with van der Waals surface area (Å²) < 4.78 is 26.1. The van der Waals surface area contributed by atoms with E-state index in [4.69, 9.17) is 11.6 Å². The molecule has 2 aromatic rings. The molecule has 33 heavy (non-hydrogen) atoms. The lowest BCUT2D eigenvalue weighted by Gasteiger charge is -2.26. The summed E-state index contributed by atoms with van der Waals surface area (Å²) in [5.74, 6) is 0.287. The number of aromatic nitrogens is 1. The molecule has 3 aliphatic rings. The number of fused-ring (bicyclic) bond motifs is 3. The fourth-order valence-electron chi connectivity index (χ4n) is 6.23. The van der Waals surface area contributed by atoms with Crippen molar-refractivity contribution in [3.8, 4) is 0 Å². The summed E-state index contributed by atoms with van der Waals surface area (Å²) in [4.78, 5) is 16.1. The highest BCUT2D eigenvalue weighted by atomic mass is 35.5. The molecule has 1 aromatic heterocycles. The van der Waals surface area contributed by atoms with Gasteiger partial charge in [-0.25, -0.2) is 8.42 Å². The first-order valence-corrected chi connectivity index (χ1v) is 14.2. The number of hydrogen-bond donors (Lipinski definition) is 0. The number of nitrogens with zero attached hydrogens (tertiary/aromatic N) is 2. The zero-order valence-electron chi connectivity index (χ0n) is 19.4. The van der Waals surface area contributed by atoms with E-state index < -0.39 is 9.84 Å². The van der Waals surface area contributed by atoms with E-state index in [1.165, 1.54) is 31.9 Å². The summed E-state index contributed by atoms with van der Waals surface area (Å²) in [6, 6.07) is 6.82. The van der Waals surface area contributed by atoms with E-state index >= 15 is 0 Å². The van der Waals surface area contributed by atoms with Crippen molar-refractivity contribution in [1.82, 2.24) is 9.47 Å². The van der Waals surface area contributed by atoms with E-state index in [2.05, 4.69) is 22.5 Å². The molecule has 1 aliphatic carbocycles. The Bertz CT molecular complexity index is 1270. The van der Waals surface area contributed by atoms with Gasteiger partial charge in [0.1, 0.15) is 0 Å². The second-order valence-electron chi connectivity index (χ2n) is 10.1. The maximum absolute atomic E-state index is 13.7. The second kappa shape index (κ2) is 8.40. The first-order valence-electron chi connectivity index (χ1n) is 11.8. The van der Waals surface area contributed by atoms with Crippen molar-refractivity contribution >= 4 is 38.1 Å². The van der Waals surface area contributed by atoms with Crippen molar-refractivity contribution in [3.63, 3.8) is 0 Å². The largest absolute Gasteiger partial charge is 0.337 e. The van der Waals surface area contributed by atoms with Crippen molar-refractivity contribution in [2.45, 2.75) is 63.4 Å². The van der Waals surface area contributed by atoms with Crippen LogP contribution in [-0.4, -0.2) is 48.6 Å². The van der Waals surface area contributed by atoms with E-state index in [9.17, 15) is 13.2 Å². The van der Waals surface area contributed by atoms with Crippen LogP contribution >= 0.6 is 11.6 Å². The molecule has 0 N–H and O–H groups in total. The highest BCUT2D eigenvalue weighted by Gasteiger charge is 2.40. The number of hydrogen-bond acceptors (Lipinski definition) is 4. The minimum absolute atomic E-state index is 0.00741. The standard InChI is InChI=1S/C26H31ClN2O3S/c1-16-12-19(27)5-11-23(16)29-17(2)26(25(30)14-28-20-6-7-21(28)9-8-20)22-10-4-18(13-24(22)29)15-33(3,31)32/h4-5,10-13,16,20-21,23H,6-9,14-15H2,1-3H3. The Labute approximate surface area is 201 Å². The van der Waals surface area contributed by atoms with Gasteiger partial charge in [-0.15, -0.1) is 0 Å². The fourth-order valence-corrected chi connectivity index (χ4v) is 7.28. The predicted molar refractivity (Wildman–Crippen MR) is 134 cm³/mol. The summed E-state index contributed by atoms with van der Waals surface area (Å²) in [6.45, 7) is 4.59. The summed E-state index contributed by atoms with van der Waals surface area (Å²) in [5.41, 5.74) is 3.35. The number of ketones is 1. The molecule has 3 heterocycles. The van der Waals surface area contributed by atoms with E-state index in [0.717, 1.165) is 27.7 Å². The Morgan fingerprint density at radius 3 is 2.42 bits per heavy atom. The monoisotopic (exact) mass is 486 g/mol.